The predicted octanol–water partition coefficient (Wildman–Crippen LogP) is -0.212. The smallest absolute Gasteiger partial charge is 0.166 e. The first-order chi connectivity index (χ1) is 7.74. The van der Waals surface area contributed by atoms with Crippen LogP contribution in [-0.2, 0) is 0 Å². The number of rotatable bonds is 1. The van der Waals surface area contributed by atoms with Crippen LogP contribution in [-0.4, -0.2) is 39.3 Å². The van der Waals surface area contributed by atoms with E-state index in [4.69, 9.17) is 5.73 Å². The second kappa shape index (κ2) is 3.28. The van der Waals surface area contributed by atoms with Gasteiger partial charge >= 0.3 is 0 Å². The minimum absolute atomic E-state index is 0.258. The number of pyridine rings is 1. The Morgan fingerprint density at radius 3 is 2.88 bits per heavy atom. The number of hydrogen-bond acceptors (Lipinski definition) is 6. The molecule has 1 fully saturated rings. The minimum Gasteiger partial charge on any atom is -0.389 e. The third-order valence-corrected chi connectivity index (χ3v) is 2.66. The zero-order chi connectivity index (χ0) is 11.1. The van der Waals surface area contributed by atoms with Crippen LogP contribution >= 0.6 is 0 Å². The van der Waals surface area contributed by atoms with Crippen molar-refractivity contribution < 1.29 is 5.11 Å². The number of nitrogens with zero attached hydrogens (tertiary/aromatic N) is 4. The summed E-state index contributed by atoms with van der Waals surface area (Å²) in [7, 11) is 0. The Morgan fingerprint density at radius 1 is 1.31 bits per heavy atom. The van der Waals surface area contributed by atoms with Crippen LogP contribution in [0.15, 0.2) is 18.5 Å². The summed E-state index contributed by atoms with van der Waals surface area (Å²) in [4.78, 5) is 14.4. The molecule has 3 rings (SSSR count). The van der Waals surface area contributed by atoms with Crippen LogP contribution in [0.2, 0.25) is 0 Å². The molecule has 1 aliphatic rings. The number of hydrogen-bond donors (Lipinski definition) is 2. The molecule has 1 aliphatic heterocycles. The molecular weight excluding hydrogens is 206 g/mol. The fourth-order valence-electron chi connectivity index (χ4n) is 1.82. The van der Waals surface area contributed by atoms with E-state index in [1.54, 1.807) is 6.07 Å². The molecular formula is C10H11N5O. The van der Waals surface area contributed by atoms with Gasteiger partial charge in [-0.3, -0.25) is 0 Å². The van der Waals surface area contributed by atoms with Gasteiger partial charge in [0.05, 0.1) is 11.5 Å². The van der Waals surface area contributed by atoms with Crippen molar-refractivity contribution in [3.8, 4) is 0 Å². The van der Waals surface area contributed by atoms with E-state index in [9.17, 15) is 5.11 Å². The highest BCUT2D eigenvalue weighted by molar-refractivity contribution is 5.88. The molecule has 2 aromatic heterocycles. The van der Waals surface area contributed by atoms with E-state index >= 15 is 0 Å². The van der Waals surface area contributed by atoms with Crippen molar-refractivity contribution in [2.45, 2.75) is 6.10 Å². The Labute approximate surface area is 91.8 Å². The molecule has 0 bridgehead atoms. The molecule has 6 heteroatoms. The first kappa shape index (κ1) is 9.29. The average Bonchev–Trinajstić information content (AvgIpc) is 2.24. The van der Waals surface area contributed by atoms with Crippen molar-refractivity contribution in [2.75, 3.05) is 23.7 Å². The summed E-state index contributed by atoms with van der Waals surface area (Å²) in [5.74, 6) is 1.25. The fourth-order valence-corrected chi connectivity index (χ4v) is 1.82. The van der Waals surface area contributed by atoms with Crippen LogP contribution in [0.3, 0.4) is 0 Å². The third kappa shape index (κ3) is 1.35. The van der Waals surface area contributed by atoms with E-state index in [0.717, 1.165) is 11.2 Å². The summed E-state index contributed by atoms with van der Waals surface area (Å²) in [6.45, 7) is 1.22. The molecule has 0 atom stereocenters. The lowest BCUT2D eigenvalue weighted by atomic mass is 10.1. The zero-order valence-corrected chi connectivity index (χ0v) is 8.54. The molecule has 0 unspecified atom stereocenters. The maximum absolute atomic E-state index is 9.28. The number of aliphatic hydroxyl groups is 1. The van der Waals surface area contributed by atoms with Crippen LogP contribution < -0.4 is 10.6 Å². The molecule has 1 saturated heterocycles. The highest BCUT2D eigenvalue weighted by Crippen LogP contribution is 2.25. The Balaban J connectivity index is 2.11. The lowest BCUT2D eigenvalue weighted by molar-refractivity contribution is 0.141. The summed E-state index contributed by atoms with van der Waals surface area (Å²) in [6, 6.07) is 3.59. The maximum Gasteiger partial charge on any atom is 0.166 e. The van der Waals surface area contributed by atoms with E-state index in [1.165, 1.54) is 6.33 Å². The molecule has 2 aromatic rings. The molecule has 0 spiro atoms. The molecule has 82 valence electrons. The van der Waals surface area contributed by atoms with Crippen LogP contribution in [0.5, 0.6) is 0 Å². The molecule has 3 heterocycles. The van der Waals surface area contributed by atoms with Crippen molar-refractivity contribution in [2.24, 2.45) is 0 Å². The van der Waals surface area contributed by atoms with Crippen molar-refractivity contribution >= 4 is 22.7 Å². The molecule has 0 aromatic carbocycles. The SMILES string of the molecule is Nc1ccc2c(N3CC(O)C3)ncnc2n1. The van der Waals surface area contributed by atoms with Gasteiger partial charge in [-0.2, -0.15) is 0 Å². The number of aromatic nitrogens is 3. The highest BCUT2D eigenvalue weighted by Gasteiger charge is 2.27. The maximum atomic E-state index is 9.28. The second-order valence-corrected chi connectivity index (χ2v) is 3.86. The van der Waals surface area contributed by atoms with Gasteiger partial charge in [-0.05, 0) is 12.1 Å². The van der Waals surface area contributed by atoms with Gasteiger partial charge in [-0.25, -0.2) is 15.0 Å². The second-order valence-electron chi connectivity index (χ2n) is 3.86. The van der Waals surface area contributed by atoms with Gasteiger partial charge in [0.1, 0.15) is 18.0 Å². The Kier molecular flexibility index (Phi) is 1.90. The molecule has 6 nitrogen and oxygen atoms in total. The van der Waals surface area contributed by atoms with Gasteiger partial charge < -0.3 is 15.7 Å². The molecule has 0 amide bonds. The normalized spacial score (nSPS) is 16.4. The monoisotopic (exact) mass is 217 g/mol. The number of fused-ring (bicyclic) bond motifs is 1. The van der Waals surface area contributed by atoms with Crippen LogP contribution in [0.25, 0.3) is 11.0 Å². The largest absolute Gasteiger partial charge is 0.389 e. The first-order valence-electron chi connectivity index (χ1n) is 5.04. The molecule has 0 radical (unpaired) electrons. The van der Waals surface area contributed by atoms with Gasteiger partial charge in [-0.15, -0.1) is 0 Å². The predicted molar refractivity (Wildman–Crippen MR) is 60.0 cm³/mol. The van der Waals surface area contributed by atoms with Crippen molar-refractivity contribution in [3.05, 3.63) is 18.5 Å². The highest BCUT2D eigenvalue weighted by atomic mass is 16.3. The molecule has 0 saturated carbocycles. The Hall–Kier alpha value is -1.95. The number of nitrogen functional groups attached to an aromatic ring is 1. The van der Waals surface area contributed by atoms with Crippen molar-refractivity contribution in [1.29, 1.82) is 0 Å². The van der Waals surface area contributed by atoms with Gasteiger partial charge in [0.15, 0.2) is 5.65 Å². The number of aliphatic hydroxyl groups excluding tert-OH is 1. The van der Waals surface area contributed by atoms with Crippen molar-refractivity contribution in [1.82, 2.24) is 15.0 Å². The van der Waals surface area contributed by atoms with Gasteiger partial charge in [0.2, 0.25) is 0 Å². The third-order valence-electron chi connectivity index (χ3n) is 2.66. The average molecular weight is 217 g/mol. The van der Waals surface area contributed by atoms with Crippen LogP contribution in [0, 0.1) is 0 Å². The quantitative estimate of drug-likeness (QED) is 0.687. The molecule has 3 N–H and O–H groups in total. The topological polar surface area (TPSA) is 88.2 Å². The molecule has 16 heavy (non-hydrogen) atoms. The van der Waals surface area contributed by atoms with Gasteiger partial charge in [-0.1, -0.05) is 0 Å². The number of β-amino-alcohol motifs (C(OH)–C–C–N with tert-alkyl or cyclic N) is 1. The van der Waals surface area contributed by atoms with Gasteiger partial charge in [0, 0.05) is 13.1 Å². The minimum atomic E-state index is -0.258. The number of anilines is 2. The first-order valence-corrected chi connectivity index (χ1v) is 5.04. The van der Waals surface area contributed by atoms with E-state index in [1.807, 2.05) is 11.0 Å². The lowest BCUT2D eigenvalue weighted by Gasteiger charge is -2.37. The van der Waals surface area contributed by atoms with E-state index in [-0.39, 0.29) is 6.10 Å². The van der Waals surface area contributed by atoms with E-state index in [0.29, 0.717) is 24.6 Å². The Morgan fingerprint density at radius 2 is 2.12 bits per heavy atom. The standard InChI is InChI=1S/C10H11N5O/c11-8-2-1-7-9(14-8)12-5-13-10(7)15-3-6(16)4-15/h1-2,5-6,16H,3-4H2,(H2,11,12,13,14). The molecule has 0 aliphatic carbocycles. The fraction of sp³-hybridized carbons (Fsp3) is 0.300. The zero-order valence-electron chi connectivity index (χ0n) is 8.54. The van der Waals surface area contributed by atoms with Gasteiger partial charge in [0.25, 0.3) is 0 Å². The lowest BCUT2D eigenvalue weighted by Crippen LogP contribution is -2.51. The summed E-state index contributed by atoms with van der Waals surface area (Å²) in [5.41, 5.74) is 6.18. The number of nitrogens with two attached hydrogens (primary N) is 1. The summed E-state index contributed by atoms with van der Waals surface area (Å²) >= 11 is 0. The summed E-state index contributed by atoms with van der Waals surface area (Å²) in [6.07, 6.45) is 1.21. The van der Waals surface area contributed by atoms with E-state index in [2.05, 4.69) is 15.0 Å². The summed E-state index contributed by atoms with van der Waals surface area (Å²) in [5, 5.41) is 10.1. The van der Waals surface area contributed by atoms with Crippen LogP contribution in [0.1, 0.15) is 0 Å². The van der Waals surface area contributed by atoms with Crippen LogP contribution in [0.4, 0.5) is 11.6 Å². The Bertz CT molecular complexity index is 538. The van der Waals surface area contributed by atoms with Crippen molar-refractivity contribution in [3.63, 3.8) is 0 Å². The summed E-state index contributed by atoms with van der Waals surface area (Å²) < 4.78 is 0. The van der Waals surface area contributed by atoms with E-state index < -0.39 is 0 Å².